The topological polar surface area (TPSA) is 64.6 Å². The third-order valence-electron chi connectivity index (χ3n) is 7.46. The first kappa shape index (κ1) is 21.3. The summed E-state index contributed by atoms with van der Waals surface area (Å²) in [5.41, 5.74) is 0.751. The highest BCUT2D eigenvalue weighted by atomic mass is 35.5. The zero-order valence-corrected chi connectivity index (χ0v) is 18.9. The second kappa shape index (κ2) is 8.43. The molecule has 4 aliphatic rings. The summed E-state index contributed by atoms with van der Waals surface area (Å²) in [6.45, 7) is 0. The van der Waals surface area contributed by atoms with Crippen molar-refractivity contribution in [3.63, 3.8) is 0 Å². The van der Waals surface area contributed by atoms with Gasteiger partial charge in [0.05, 0.1) is 17.5 Å². The summed E-state index contributed by atoms with van der Waals surface area (Å²) in [5, 5.41) is 3.25. The lowest BCUT2D eigenvalue weighted by atomic mass is 9.49. The number of carbonyl (C=O) groups is 2. The molecule has 1 N–H and O–H groups in total. The molecule has 0 heterocycles. The largest absolute Gasteiger partial charge is 0.495 e. The number of methoxy groups -OCH3 is 1. The summed E-state index contributed by atoms with van der Waals surface area (Å²) in [7, 11) is 1.54. The van der Waals surface area contributed by atoms with Gasteiger partial charge in [-0.15, -0.1) is 0 Å². The zero-order chi connectivity index (χ0) is 22.3. The van der Waals surface area contributed by atoms with E-state index < -0.39 is 17.4 Å². The van der Waals surface area contributed by atoms with Crippen LogP contribution in [0, 0.1) is 23.2 Å². The maximum absolute atomic E-state index is 13.5. The molecular weight excluding hydrogens is 426 g/mol. The monoisotopic (exact) mass is 453 g/mol. The highest BCUT2D eigenvalue weighted by Crippen LogP contribution is 2.60. The van der Waals surface area contributed by atoms with Gasteiger partial charge in [-0.2, -0.15) is 0 Å². The van der Waals surface area contributed by atoms with Crippen molar-refractivity contribution in [2.75, 3.05) is 12.4 Å². The first-order chi connectivity index (χ1) is 15.5. The van der Waals surface area contributed by atoms with Gasteiger partial charge in [-0.3, -0.25) is 9.59 Å². The average Bonchev–Trinajstić information content (AvgIpc) is 2.77. The summed E-state index contributed by atoms with van der Waals surface area (Å²) in [5.74, 6) is 1.79. The Balaban J connectivity index is 1.37. The number of ether oxygens (including phenoxy) is 2. The molecule has 0 aromatic heterocycles. The summed E-state index contributed by atoms with van der Waals surface area (Å²) in [4.78, 5) is 26.8. The Bertz CT molecular complexity index is 986. The van der Waals surface area contributed by atoms with Crippen molar-refractivity contribution < 1.29 is 19.1 Å². The molecule has 0 spiro atoms. The lowest BCUT2D eigenvalue weighted by Gasteiger charge is -2.55. The average molecular weight is 454 g/mol. The third kappa shape index (κ3) is 3.99. The van der Waals surface area contributed by atoms with E-state index in [0.29, 0.717) is 39.8 Å². The lowest BCUT2D eigenvalue weighted by Crippen LogP contribution is -2.51. The van der Waals surface area contributed by atoms with Gasteiger partial charge in [0.25, 0.3) is 5.91 Å². The predicted octanol–water partition coefficient (Wildman–Crippen LogP) is 5.79. The molecule has 6 rings (SSSR count). The normalized spacial score (nSPS) is 28.8. The molecule has 4 saturated carbocycles. The fourth-order valence-corrected chi connectivity index (χ4v) is 6.70. The molecule has 2 aromatic rings. The highest BCUT2D eigenvalue weighted by molar-refractivity contribution is 6.32. The van der Waals surface area contributed by atoms with E-state index in [2.05, 4.69) is 5.32 Å². The number of rotatable bonds is 6. The van der Waals surface area contributed by atoms with Crippen LogP contribution in [-0.2, 0) is 14.3 Å². The van der Waals surface area contributed by atoms with Crippen molar-refractivity contribution >= 4 is 29.2 Å². The molecule has 0 saturated heterocycles. The SMILES string of the molecule is COc1ccc(NC(=O)[C@H](OC(=O)C23CC4CC(CC(C4)C2)C3)c2ccccc2)cc1Cl. The summed E-state index contributed by atoms with van der Waals surface area (Å²) in [6.07, 6.45) is 5.41. The highest BCUT2D eigenvalue weighted by Gasteiger charge is 2.56. The maximum atomic E-state index is 13.5. The molecule has 32 heavy (non-hydrogen) atoms. The minimum absolute atomic E-state index is 0.214. The number of carbonyl (C=O) groups excluding carboxylic acids is 2. The molecule has 6 heteroatoms. The van der Waals surface area contributed by atoms with Crippen molar-refractivity contribution in [1.29, 1.82) is 0 Å². The quantitative estimate of drug-likeness (QED) is 0.562. The van der Waals surface area contributed by atoms with E-state index in [9.17, 15) is 9.59 Å². The molecule has 2 aromatic carbocycles. The second-order valence-electron chi connectivity index (χ2n) is 9.73. The Morgan fingerprint density at radius 2 is 1.62 bits per heavy atom. The van der Waals surface area contributed by atoms with Crippen molar-refractivity contribution in [2.45, 2.75) is 44.6 Å². The number of esters is 1. The molecule has 168 valence electrons. The minimum atomic E-state index is -1.02. The number of benzene rings is 2. The van der Waals surface area contributed by atoms with Crippen molar-refractivity contribution in [1.82, 2.24) is 0 Å². The Morgan fingerprint density at radius 3 is 2.19 bits per heavy atom. The van der Waals surface area contributed by atoms with Crippen LogP contribution in [-0.4, -0.2) is 19.0 Å². The third-order valence-corrected chi connectivity index (χ3v) is 7.75. The van der Waals surface area contributed by atoms with Crippen LogP contribution >= 0.6 is 11.6 Å². The van der Waals surface area contributed by atoms with Gasteiger partial charge in [-0.1, -0.05) is 41.9 Å². The van der Waals surface area contributed by atoms with Crippen LogP contribution in [0.4, 0.5) is 5.69 Å². The van der Waals surface area contributed by atoms with Gasteiger partial charge in [0.1, 0.15) is 5.75 Å². The fraction of sp³-hybridized carbons (Fsp3) is 0.462. The lowest BCUT2D eigenvalue weighted by molar-refractivity contribution is -0.179. The van der Waals surface area contributed by atoms with Gasteiger partial charge >= 0.3 is 5.97 Å². The molecule has 4 aliphatic carbocycles. The van der Waals surface area contributed by atoms with E-state index in [0.717, 1.165) is 19.3 Å². The van der Waals surface area contributed by atoms with Gasteiger partial charge in [-0.25, -0.2) is 0 Å². The van der Waals surface area contributed by atoms with Crippen LogP contribution in [0.5, 0.6) is 5.75 Å². The predicted molar refractivity (Wildman–Crippen MR) is 123 cm³/mol. The van der Waals surface area contributed by atoms with Gasteiger partial charge < -0.3 is 14.8 Å². The Hall–Kier alpha value is -2.53. The maximum Gasteiger partial charge on any atom is 0.313 e. The van der Waals surface area contributed by atoms with Crippen molar-refractivity contribution in [2.24, 2.45) is 23.2 Å². The molecule has 5 nitrogen and oxygen atoms in total. The van der Waals surface area contributed by atoms with Crippen molar-refractivity contribution in [3.8, 4) is 5.75 Å². The Morgan fingerprint density at radius 1 is 1.00 bits per heavy atom. The molecule has 0 radical (unpaired) electrons. The standard InChI is InChI=1S/C26H28ClNO4/c1-31-22-8-7-20(12-21(22)27)28-24(29)23(19-5-3-2-4-6-19)32-25(30)26-13-16-9-17(14-26)11-18(10-16)15-26/h2-8,12,16-18,23H,9-11,13-15H2,1H3,(H,28,29)/t16?,17?,18?,23-,26?/m1/s1. The number of hydrogen-bond donors (Lipinski definition) is 1. The van der Waals surface area contributed by atoms with Gasteiger partial charge in [0.15, 0.2) is 0 Å². The van der Waals surface area contributed by atoms with Gasteiger partial charge in [-0.05, 0) is 74.5 Å². The van der Waals surface area contributed by atoms with Crippen LogP contribution in [0.3, 0.4) is 0 Å². The van der Waals surface area contributed by atoms with Crippen LogP contribution in [0.15, 0.2) is 48.5 Å². The Labute approximate surface area is 193 Å². The molecule has 1 atom stereocenters. The van der Waals surface area contributed by atoms with E-state index in [4.69, 9.17) is 21.1 Å². The van der Waals surface area contributed by atoms with Gasteiger partial charge in [0, 0.05) is 11.3 Å². The molecule has 0 unspecified atom stereocenters. The van der Waals surface area contributed by atoms with Crippen LogP contribution in [0.25, 0.3) is 0 Å². The van der Waals surface area contributed by atoms with Crippen LogP contribution in [0.2, 0.25) is 5.02 Å². The number of anilines is 1. The summed E-state index contributed by atoms with van der Waals surface area (Å²) in [6, 6.07) is 14.2. The number of amides is 1. The first-order valence-electron chi connectivity index (χ1n) is 11.4. The van der Waals surface area contributed by atoms with E-state index in [1.54, 1.807) is 18.2 Å². The fourth-order valence-electron chi connectivity index (χ4n) is 6.45. The van der Waals surface area contributed by atoms with E-state index >= 15 is 0 Å². The molecule has 1 amide bonds. The Kier molecular flexibility index (Phi) is 5.62. The molecule has 0 aliphatic heterocycles. The number of hydrogen-bond acceptors (Lipinski definition) is 4. The second-order valence-corrected chi connectivity index (χ2v) is 10.1. The van der Waals surface area contributed by atoms with E-state index in [1.807, 2.05) is 30.3 Å². The number of nitrogens with one attached hydrogen (secondary N) is 1. The van der Waals surface area contributed by atoms with Crippen LogP contribution in [0.1, 0.15) is 50.2 Å². The van der Waals surface area contributed by atoms with Crippen molar-refractivity contribution in [3.05, 3.63) is 59.1 Å². The molecular formula is C26H28ClNO4. The summed E-state index contributed by atoms with van der Waals surface area (Å²) >= 11 is 6.21. The first-order valence-corrected chi connectivity index (χ1v) is 11.7. The zero-order valence-electron chi connectivity index (χ0n) is 18.2. The minimum Gasteiger partial charge on any atom is -0.495 e. The van der Waals surface area contributed by atoms with Crippen LogP contribution < -0.4 is 10.1 Å². The van der Waals surface area contributed by atoms with Gasteiger partial charge in [0.2, 0.25) is 6.10 Å². The van der Waals surface area contributed by atoms with E-state index in [1.165, 1.54) is 26.4 Å². The van der Waals surface area contributed by atoms with E-state index in [-0.39, 0.29) is 5.97 Å². The number of halogens is 1. The smallest absolute Gasteiger partial charge is 0.313 e. The molecule has 4 fully saturated rings. The molecule has 4 bridgehead atoms. The summed E-state index contributed by atoms with van der Waals surface area (Å²) < 4.78 is 11.2.